The number of thiophene rings is 1. The highest BCUT2D eigenvalue weighted by Gasteiger charge is 2.04. The number of likely N-dealkylation sites (N-methyl/N-ethyl adjacent to an activating group) is 1. The van der Waals surface area contributed by atoms with Gasteiger partial charge in [0.05, 0.1) is 0 Å². The smallest absolute Gasteiger partial charge is 0.220 e. The van der Waals surface area contributed by atoms with Crippen molar-refractivity contribution in [1.29, 1.82) is 0 Å². The topological polar surface area (TPSA) is 41.1 Å². The third kappa shape index (κ3) is 5.28. The monoisotopic (exact) mass is 240 g/mol. The van der Waals surface area contributed by atoms with Gasteiger partial charge < -0.3 is 10.6 Å². The van der Waals surface area contributed by atoms with Crippen molar-refractivity contribution < 1.29 is 4.79 Å². The molecule has 0 aliphatic rings. The molecule has 0 aliphatic carbocycles. The van der Waals surface area contributed by atoms with Crippen LogP contribution in [0.3, 0.4) is 0 Å². The minimum atomic E-state index is 0.137. The van der Waals surface area contributed by atoms with Gasteiger partial charge in [-0.3, -0.25) is 4.79 Å². The second kappa shape index (κ2) is 7.41. The molecular weight excluding hydrogens is 220 g/mol. The molecule has 0 spiro atoms. The van der Waals surface area contributed by atoms with Crippen molar-refractivity contribution in [2.75, 3.05) is 13.1 Å². The highest BCUT2D eigenvalue weighted by molar-refractivity contribution is 7.09. The molecule has 0 bridgehead atoms. The van der Waals surface area contributed by atoms with E-state index in [0.29, 0.717) is 19.0 Å². The molecule has 1 aromatic rings. The predicted molar refractivity (Wildman–Crippen MR) is 68.8 cm³/mol. The Labute approximate surface area is 101 Å². The molecule has 0 aliphatic heterocycles. The molecule has 0 fully saturated rings. The Balaban J connectivity index is 2.11. The van der Waals surface area contributed by atoms with E-state index in [9.17, 15) is 4.79 Å². The quantitative estimate of drug-likeness (QED) is 0.763. The summed E-state index contributed by atoms with van der Waals surface area (Å²) in [5.74, 6) is 0.137. The molecule has 1 rings (SSSR count). The SMILES string of the molecule is CCN[C@H](C)CNC(=O)CCc1cccs1. The van der Waals surface area contributed by atoms with Crippen LogP contribution in [-0.2, 0) is 11.2 Å². The van der Waals surface area contributed by atoms with E-state index in [0.717, 1.165) is 13.0 Å². The fourth-order valence-electron chi connectivity index (χ4n) is 1.47. The van der Waals surface area contributed by atoms with Crippen LogP contribution < -0.4 is 10.6 Å². The van der Waals surface area contributed by atoms with Crippen molar-refractivity contribution in [2.45, 2.75) is 32.7 Å². The zero-order valence-corrected chi connectivity index (χ0v) is 10.8. The van der Waals surface area contributed by atoms with E-state index in [1.54, 1.807) is 11.3 Å². The lowest BCUT2D eigenvalue weighted by molar-refractivity contribution is -0.121. The molecule has 2 N–H and O–H groups in total. The maximum Gasteiger partial charge on any atom is 0.220 e. The predicted octanol–water partition coefficient (Wildman–Crippen LogP) is 1.79. The van der Waals surface area contributed by atoms with Gasteiger partial charge >= 0.3 is 0 Å². The third-order valence-electron chi connectivity index (χ3n) is 2.34. The minimum Gasteiger partial charge on any atom is -0.355 e. The molecule has 0 saturated carbocycles. The summed E-state index contributed by atoms with van der Waals surface area (Å²) in [5, 5.41) is 8.23. The molecule has 0 saturated heterocycles. The Morgan fingerprint density at radius 2 is 2.38 bits per heavy atom. The molecule has 1 aromatic heterocycles. The first-order valence-electron chi connectivity index (χ1n) is 5.74. The Morgan fingerprint density at radius 1 is 1.56 bits per heavy atom. The van der Waals surface area contributed by atoms with Gasteiger partial charge in [-0.25, -0.2) is 0 Å². The summed E-state index contributed by atoms with van der Waals surface area (Å²) in [7, 11) is 0. The van der Waals surface area contributed by atoms with Gasteiger partial charge in [-0.1, -0.05) is 13.0 Å². The summed E-state index contributed by atoms with van der Waals surface area (Å²) >= 11 is 1.71. The summed E-state index contributed by atoms with van der Waals surface area (Å²) in [4.78, 5) is 12.8. The van der Waals surface area contributed by atoms with Gasteiger partial charge in [0.15, 0.2) is 0 Å². The van der Waals surface area contributed by atoms with E-state index in [-0.39, 0.29) is 5.91 Å². The number of rotatable bonds is 7. The Morgan fingerprint density at radius 3 is 3.00 bits per heavy atom. The lowest BCUT2D eigenvalue weighted by Gasteiger charge is -2.12. The molecule has 1 atom stereocenters. The van der Waals surface area contributed by atoms with E-state index in [1.165, 1.54) is 4.88 Å². The third-order valence-corrected chi connectivity index (χ3v) is 3.27. The van der Waals surface area contributed by atoms with E-state index in [2.05, 4.69) is 30.5 Å². The molecule has 3 nitrogen and oxygen atoms in total. The summed E-state index contributed by atoms with van der Waals surface area (Å²) in [6.45, 7) is 5.78. The van der Waals surface area contributed by atoms with Crippen molar-refractivity contribution in [2.24, 2.45) is 0 Å². The summed E-state index contributed by atoms with van der Waals surface area (Å²) in [5.41, 5.74) is 0. The van der Waals surface area contributed by atoms with Crippen LogP contribution in [-0.4, -0.2) is 25.0 Å². The van der Waals surface area contributed by atoms with E-state index in [1.807, 2.05) is 11.4 Å². The molecule has 0 unspecified atom stereocenters. The van der Waals surface area contributed by atoms with E-state index < -0.39 is 0 Å². The molecular formula is C12H20N2OS. The van der Waals surface area contributed by atoms with Gasteiger partial charge in [0.1, 0.15) is 0 Å². The number of hydrogen-bond donors (Lipinski definition) is 2. The minimum absolute atomic E-state index is 0.137. The van der Waals surface area contributed by atoms with Gasteiger partial charge in [-0.05, 0) is 31.3 Å². The summed E-state index contributed by atoms with van der Waals surface area (Å²) in [6, 6.07) is 4.43. The molecule has 0 aromatic carbocycles. The Hall–Kier alpha value is -0.870. The van der Waals surface area contributed by atoms with Gasteiger partial charge in [0.25, 0.3) is 0 Å². The van der Waals surface area contributed by atoms with Crippen molar-refractivity contribution in [3.8, 4) is 0 Å². The van der Waals surface area contributed by atoms with Crippen LogP contribution in [0.25, 0.3) is 0 Å². The summed E-state index contributed by atoms with van der Waals surface area (Å²) in [6.07, 6.45) is 1.43. The van der Waals surface area contributed by atoms with Crippen LogP contribution in [0.5, 0.6) is 0 Å². The Kier molecular flexibility index (Phi) is 6.11. The first kappa shape index (κ1) is 13.2. The largest absolute Gasteiger partial charge is 0.355 e. The summed E-state index contributed by atoms with van der Waals surface area (Å²) < 4.78 is 0. The molecule has 16 heavy (non-hydrogen) atoms. The van der Waals surface area contributed by atoms with Gasteiger partial charge in [0, 0.05) is 23.9 Å². The van der Waals surface area contributed by atoms with Crippen molar-refractivity contribution in [1.82, 2.24) is 10.6 Å². The van der Waals surface area contributed by atoms with Crippen LogP contribution in [0.4, 0.5) is 0 Å². The fourth-order valence-corrected chi connectivity index (χ4v) is 2.18. The van der Waals surface area contributed by atoms with Crippen molar-refractivity contribution in [3.63, 3.8) is 0 Å². The number of hydrogen-bond acceptors (Lipinski definition) is 3. The molecule has 1 amide bonds. The molecule has 0 radical (unpaired) electrons. The van der Waals surface area contributed by atoms with Crippen molar-refractivity contribution >= 4 is 17.2 Å². The van der Waals surface area contributed by atoms with Crippen LogP contribution in [0.2, 0.25) is 0 Å². The normalized spacial score (nSPS) is 12.4. The molecule has 4 heteroatoms. The van der Waals surface area contributed by atoms with Crippen LogP contribution in [0.15, 0.2) is 17.5 Å². The highest BCUT2D eigenvalue weighted by Crippen LogP contribution is 2.10. The number of aryl methyl sites for hydroxylation is 1. The first-order chi connectivity index (χ1) is 7.72. The maximum absolute atomic E-state index is 11.5. The molecule has 1 heterocycles. The number of carbonyl (C=O) groups is 1. The Bertz CT molecular complexity index is 298. The highest BCUT2D eigenvalue weighted by atomic mass is 32.1. The van der Waals surface area contributed by atoms with Crippen LogP contribution in [0.1, 0.15) is 25.1 Å². The first-order valence-corrected chi connectivity index (χ1v) is 6.62. The van der Waals surface area contributed by atoms with E-state index in [4.69, 9.17) is 0 Å². The average Bonchev–Trinajstić information content (AvgIpc) is 2.77. The lowest BCUT2D eigenvalue weighted by Crippen LogP contribution is -2.38. The lowest BCUT2D eigenvalue weighted by atomic mass is 10.2. The zero-order chi connectivity index (χ0) is 11.8. The molecule has 90 valence electrons. The standard InChI is InChI=1S/C12H20N2OS/c1-3-13-10(2)9-14-12(15)7-6-11-5-4-8-16-11/h4-5,8,10,13H,3,6-7,9H2,1-2H3,(H,14,15)/t10-/m1/s1. The van der Waals surface area contributed by atoms with E-state index >= 15 is 0 Å². The van der Waals surface area contributed by atoms with Gasteiger partial charge in [-0.2, -0.15) is 0 Å². The van der Waals surface area contributed by atoms with Crippen molar-refractivity contribution in [3.05, 3.63) is 22.4 Å². The zero-order valence-electron chi connectivity index (χ0n) is 9.95. The van der Waals surface area contributed by atoms with Gasteiger partial charge in [0.2, 0.25) is 5.91 Å². The fraction of sp³-hybridized carbons (Fsp3) is 0.583. The second-order valence-electron chi connectivity index (χ2n) is 3.84. The maximum atomic E-state index is 11.5. The number of carbonyl (C=O) groups excluding carboxylic acids is 1. The number of amides is 1. The van der Waals surface area contributed by atoms with Gasteiger partial charge in [-0.15, -0.1) is 11.3 Å². The second-order valence-corrected chi connectivity index (χ2v) is 4.87. The van der Waals surface area contributed by atoms with Crippen LogP contribution in [0, 0.1) is 0 Å². The average molecular weight is 240 g/mol. The van der Waals surface area contributed by atoms with Crippen LogP contribution >= 0.6 is 11.3 Å². The number of nitrogens with one attached hydrogen (secondary N) is 2.